The molecule has 17 heavy (non-hydrogen) atoms. The average molecular weight is 237 g/mol. The Labute approximate surface area is 101 Å². The zero-order valence-electron chi connectivity index (χ0n) is 10.0. The van der Waals surface area contributed by atoms with E-state index < -0.39 is 0 Å². The minimum Gasteiger partial charge on any atom is -0.409 e. The molecule has 4 unspecified atom stereocenters. The molecule has 3 aliphatic rings. The van der Waals surface area contributed by atoms with Crippen LogP contribution in [0.1, 0.15) is 19.3 Å². The van der Waals surface area contributed by atoms with Crippen molar-refractivity contribution in [2.75, 3.05) is 13.6 Å². The van der Waals surface area contributed by atoms with Crippen molar-refractivity contribution in [2.24, 2.45) is 40.5 Å². The molecule has 0 heterocycles. The zero-order chi connectivity index (χ0) is 12.2. The van der Waals surface area contributed by atoms with Crippen LogP contribution in [0, 0.1) is 29.6 Å². The summed E-state index contributed by atoms with van der Waals surface area (Å²) >= 11 is 0. The number of oxime groups is 1. The van der Waals surface area contributed by atoms with Crippen LogP contribution in [0.15, 0.2) is 5.16 Å². The highest BCUT2D eigenvalue weighted by Gasteiger charge is 2.67. The largest absolute Gasteiger partial charge is 0.409 e. The highest BCUT2D eigenvalue weighted by atomic mass is 16.4. The molecule has 1 amide bonds. The van der Waals surface area contributed by atoms with Crippen LogP contribution >= 0.6 is 0 Å². The van der Waals surface area contributed by atoms with E-state index in [9.17, 15) is 4.79 Å². The Kier molecular flexibility index (Phi) is 2.31. The lowest BCUT2D eigenvalue weighted by Crippen LogP contribution is -2.37. The first-order chi connectivity index (χ1) is 8.13. The number of likely N-dealkylation sites (N-methyl/N-ethyl adjacent to an activating group) is 1. The number of amides is 1. The van der Waals surface area contributed by atoms with Gasteiger partial charge >= 0.3 is 0 Å². The van der Waals surface area contributed by atoms with Crippen molar-refractivity contribution in [1.29, 1.82) is 0 Å². The second-order valence-electron chi connectivity index (χ2n) is 5.80. The molecule has 5 nitrogen and oxygen atoms in total. The van der Waals surface area contributed by atoms with Gasteiger partial charge < -0.3 is 15.8 Å². The van der Waals surface area contributed by atoms with Crippen LogP contribution in [0.4, 0.5) is 0 Å². The monoisotopic (exact) mass is 237 g/mol. The van der Waals surface area contributed by atoms with Crippen molar-refractivity contribution in [3.8, 4) is 0 Å². The lowest BCUT2D eigenvalue weighted by Gasteiger charge is -2.18. The van der Waals surface area contributed by atoms with Gasteiger partial charge in [-0.15, -0.1) is 0 Å². The zero-order valence-corrected chi connectivity index (χ0v) is 10.0. The fourth-order valence-corrected chi connectivity index (χ4v) is 4.26. The summed E-state index contributed by atoms with van der Waals surface area (Å²) in [5.74, 6) is 3.41. The summed E-state index contributed by atoms with van der Waals surface area (Å²) in [7, 11) is 1.73. The quantitative estimate of drug-likeness (QED) is 0.324. The summed E-state index contributed by atoms with van der Waals surface area (Å²) in [6.45, 7) is 0.223. The molecule has 0 aromatic heterocycles. The minimum atomic E-state index is 0.0923. The highest BCUT2D eigenvalue weighted by Crippen LogP contribution is 2.69. The van der Waals surface area contributed by atoms with Crippen LogP contribution in [-0.2, 0) is 4.79 Å². The topological polar surface area (TPSA) is 78.9 Å². The van der Waals surface area contributed by atoms with Gasteiger partial charge in [0.05, 0.1) is 6.54 Å². The fourth-order valence-electron chi connectivity index (χ4n) is 4.26. The molecule has 0 aromatic rings. The van der Waals surface area contributed by atoms with Crippen molar-refractivity contribution >= 4 is 11.7 Å². The predicted molar refractivity (Wildman–Crippen MR) is 62.3 cm³/mol. The summed E-state index contributed by atoms with van der Waals surface area (Å²) in [6.07, 6.45) is 3.99. The number of rotatable bonds is 3. The first-order valence-electron chi connectivity index (χ1n) is 6.35. The van der Waals surface area contributed by atoms with Crippen LogP contribution in [0.25, 0.3) is 0 Å². The minimum absolute atomic E-state index is 0.0923. The van der Waals surface area contributed by atoms with Gasteiger partial charge in [-0.3, -0.25) is 4.79 Å². The van der Waals surface area contributed by atoms with Gasteiger partial charge in [-0.1, -0.05) is 5.16 Å². The molecule has 0 saturated heterocycles. The van der Waals surface area contributed by atoms with Gasteiger partial charge in [-0.25, -0.2) is 0 Å². The van der Waals surface area contributed by atoms with E-state index in [0.29, 0.717) is 11.8 Å². The Bertz CT molecular complexity index is 366. The predicted octanol–water partition coefficient (Wildman–Crippen LogP) is 0.483. The van der Waals surface area contributed by atoms with Gasteiger partial charge in [0.25, 0.3) is 0 Å². The molecule has 3 saturated carbocycles. The van der Waals surface area contributed by atoms with E-state index in [1.54, 1.807) is 11.9 Å². The summed E-state index contributed by atoms with van der Waals surface area (Å²) in [5.41, 5.74) is 5.42. The molecule has 3 fully saturated rings. The van der Waals surface area contributed by atoms with Crippen LogP contribution in [-0.4, -0.2) is 35.4 Å². The number of nitrogens with zero attached hydrogens (tertiary/aromatic N) is 2. The molecule has 2 bridgehead atoms. The average Bonchev–Trinajstić information content (AvgIpc) is 2.75. The molecule has 0 radical (unpaired) electrons. The van der Waals surface area contributed by atoms with Crippen molar-refractivity contribution in [2.45, 2.75) is 19.3 Å². The van der Waals surface area contributed by atoms with Crippen LogP contribution in [0.2, 0.25) is 0 Å². The van der Waals surface area contributed by atoms with Crippen molar-refractivity contribution < 1.29 is 10.0 Å². The van der Waals surface area contributed by atoms with Crippen LogP contribution < -0.4 is 5.73 Å². The number of hydrogen-bond donors (Lipinski definition) is 2. The smallest absolute Gasteiger partial charge is 0.226 e. The van der Waals surface area contributed by atoms with Crippen molar-refractivity contribution in [3.63, 3.8) is 0 Å². The molecule has 3 N–H and O–H groups in total. The maximum absolute atomic E-state index is 12.2. The molecule has 94 valence electrons. The summed E-state index contributed by atoms with van der Waals surface area (Å²) < 4.78 is 0. The van der Waals surface area contributed by atoms with E-state index in [-0.39, 0.29) is 24.2 Å². The third-order valence-corrected chi connectivity index (χ3v) is 4.92. The van der Waals surface area contributed by atoms with E-state index >= 15 is 0 Å². The third kappa shape index (κ3) is 1.51. The second-order valence-corrected chi connectivity index (χ2v) is 5.80. The lowest BCUT2D eigenvalue weighted by atomic mass is 10.0. The Hall–Kier alpha value is -1.26. The van der Waals surface area contributed by atoms with Crippen molar-refractivity contribution in [1.82, 2.24) is 4.90 Å². The Balaban J connectivity index is 1.62. The summed E-state index contributed by atoms with van der Waals surface area (Å²) in [4.78, 5) is 13.8. The Morgan fingerprint density at radius 1 is 1.41 bits per heavy atom. The molecule has 4 atom stereocenters. The van der Waals surface area contributed by atoms with Gasteiger partial charge in [-0.05, 0) is 42.9 Å². The fraction of sp³-hybridized carbons (Fsp3) is 0.833. The van der Waals surface area contributed by atoms with Crippen molar-refractivity contribution in [3.05, 3.63) is 0 Å². The number of carbonyl (C=O) groups excluding carboxylic acids is 1. The van der Waals surface area contributed by atoms with Gasteiger partial charge in [0.15, 0.2) is 5.84 Å². The molecule has 3 rings (SSSR count). The first-order valence-corrected chi connectivity index (χ1v) is 6.35. The van der Waals surface area contributed by atoms with Gasteiger partial charge in [0.1, 0.15) is 0 Å². The van der Waals surface area contributed by atoms with Gasteiger partial charge in [0.2, 0.25) is 5.91 Å². The molecular weight excluding hydrogens is 218 g/mol. The normalized spacial score (nSPS) is 42.4. The third-order valence-electron chi connectivity index (χ3n) is 4.92. The number of amidine groups is 1. The SMILES string of the molecule is CN(CC(N)=NO)C(=O)C1C2C3CCC(C3)C12. The molecular formula is C12H19N3O2. The molecule has 0 spiro atoms. The maximum atomic E-state index is 12.2. The molecule has 5 heteroatoms. The van der Waals surface area contributed by atoms with E-state index in [2.05, 4.69) is 5.16 Å². The number of hydrogen-bond acceptors (Lipinski definition) is 3. The molecule has 0 aliphatic heterocycles. The summed E-state index contributed by atoms with van der Waals surface area (Å²) in [6, 6.07) is 0. The van der Waals surface area contributed by atoms with E-state index in [0.717, 1.165) is 11.8 Å². The number of carbonyl (C=O) groups is 1. The molecule has 3 aliphatic carbocycles. The van der Waals surface area contributed by atoms with Gasteiger partial charge in [-0.2, -0.15) is 0 Å². The lowest BCUT2D eigenvalue weighted by molar-refractivity contribution is -0.131. The number of fused-ring (bicyclic) bond motifs is 5. The second kappa shape index (κ2) is 3.62. The van der Waals surface area contributed by atoms with Crippen LogP contribution in [0.5, 0.6) is 0 Å². The maximum Gasteiger partial charge on any atom is 0.226 e. The standard InChI is InChI=1S/C12H19N3O2/c1-15(5-8(13)14-17)12(16)11-9-6-2-3-7(4-6)10(9)11/h6-7,9-11,17H,2-5H2,1H3,(H2,13,14). The van der Waals surface area contributed by atoms with E-state index in [1.807, 2.05) is 0 Å². The Morgan fingerprint density at radius 2 is 2.00 bits per heavy atom. The molecule has 0 aromatic carbocycles. The summed E-state index contributed by atoms with van der Waals surface area (Å²) in [5, 5.41) is 11.4. The first kappa shape index (κ1) is 10.9. The Morgan fingerprint density at radius 3 is 2.53 bits per heavy atom. The van der Waals surface area contributed by atoms with Gasteiger partial charge in [0, 0.05) is 13.0 Å². The van der Waals surface area contributed by atoms with E-state index in [1.165, 1.54) is 19.3 Å². The van der Waals surface area contributed by atoms with Crippen LogP contribution in [0.3, 0.4) is 0 Å². The highest BCUT2D eigenvalue weighted by molar-refractivity contribution is 5.89. The van der Waals surface area contributed by atoms with E-state index in [4.69, 9.17) is 10.9 Å². The number of nitrogens with two attached hydrogens (primary N) is 1.